The summed E-state index contributed by atoms with van der Waals surface area (Å²) in [5, 5.41) is 26.9. The van der Waals surface area contributed by atoms with Crippen molar-refractivity contribution in [1.29, 1.82) is 5.26 Å². The highest BCUT2D eigenvalue weighted by Crippen LogP contribution is 2.57. The summed E-state index contributed by atoms with van der Waals surface area (Å²) in [5.41, 5.74) is 12.3. The van der Waals surface area contributed by atoms with E-state index in [4.69, 9.17) is 17.2 Å². The van der Waals surface area contributed by atoms with Crippen LogP contribution in [0.2, 0.25) is 0 Å². The number of aromatic hydroxyl groups is 1. The molecule has 3 amide bonds. The van der Waals surface area contributed by atoms with Crippen molar-refractivity contribution in [3.8, 4) is 17.6 Å². The smallest absolute Gasteiger partial charge is 0.507 e. The second-order valence-electron chi connectivity index (χ2n) is 13.6. The summed E-state index contributed by atoms with van der Waals surface area (Å²) in [6, 6.07) is 4.99. The Bertz CT molecular complexity index is 1960. The molecular weight excluding hydrogens is 693 g/mol. The number of nitrogens with one attached hydrogen (secondary N) is 2. The molecule has 2 aromatic rings. The molecule has 0 spiro atoms. The first kappa shape index (κ1) is 37.7. The maximum atomic E-state index is 14.6. The van der Waals surface area contributed by atoms with Gasteiger partial charge in [0, 0.05) is 43.1 Å². The average Bonchev–Trinajstić information content (AvgIpc) is 2.99. The zero-order chi connectivity index (χ0) is 38.9. The van der Waals surface area contributed by atoms with Gasteiger partial charge in [-0.2, -0.15) is 5.26 Å². The molecule has 52 heavy (non-hydrogen) atoms. The number of ketones is 4. The molecule has 3 aliphatic carbocycles. The predicted molar refractivity (Wildman–Crippen MR) is 175 cm³/mol. The number of hydrogen-bond donors (Lipinski definition) is 6. The number of anilines is 2. The van der Waals surface area contributed by atoms with E-state index >= 15 is 0 Å². The van der Waals surface area contributed by atoms with E-state index in [1.807, 2.05) is 0 Å². The number of halogens is 3. The minimum Gasteiger partial charge on any atom is -0.507 e. The minimum atomic E-state index is -4.91. The van der Waals surface area contributed by atoms with Crippen LogP contribution in [-0.4, -0.2) is 96.8 Å². The Morgan fingerprint density at radius 1 is 1.08 bits per heavy atom. The third-order valence-electron chi connectivity index (χ3n) is 9.91. The second-order valence-corrected chi connectivity index (χ2v) is 13.6. The lowest BCUT2D eigenvalue weighted by molar-refractivity contribution is -0.274. The lowest BCUT2D eigenvalue weighted by Crippen LogP contribution is -2.85. The van der Waals surface area contributed by atoms with Gasteiger partial charge in [-0.3, -0.25) is 28.9 Å². The van der Waals surface area contributed by atoms with Crippen LogP contribution in [0.25, 0.3) is 0 Å². The Morgan fingerprint density at radius 2 is 1.69 bits per heavy atom. The molecule has 19 heteroatoms. The number of alkyl halides is 3. The number of ether oxygens (including phenoxy) is 1. The molecule has 0 heterocycles. The molecule has 3 aliphatic rings. The number of phenols is 1. The highest BCUT2D eigenvalue weighted by Gasteiger charge is 2.78. The lowest BCUT2D eigenvalue weighted by atomic mass is 9.42. The molecule has 276 valence electrons. The highest BCUT2D eigenvalue weighted by atomic mass is 19.4. The second kappa shape index (κ2) is 12.6. The van der Waals surface area contributed by atoms with Gasteiger partial charge in [-0.05, 0) is 62.8 Å². The summed E-state index contributed by atoms with van der Waals surface area (Å²) in [6.07, 6.45) is -5.79. The third-order valence-corrected chi connectivity index (χ3v) is 9.91. The van der Waals surface area contributed by atoms with Crippen molar-refractivity contribution in [3.63, 3.8) is 0 Å². The van der Waals surface area contributed by atoms with Gasteiger partial charge in [0.15, 0.2) is 34.5 Å². The Labute approximate surface area is 294 Å². The predicted octanol–water partition coefficient (Wildman–Crippen LogP) is 0.0948. The quantitative estimate of drug-likeness (QED) is 0.207. The van der Waals surface area contributed by atoms with E-state index in [0.29, 0.717) is 5.69 Å². The molecule has 2 aromatic carbocycles. The van der Waals surface area contributed by atoms with Crippen LogP contribution in [0, 0.1) is 28.6 Å². The van der Waals surface area contributed by atoms with E-state index in [0.717, 1.165) is 24.3 Å². The molecule has 9 N–H and O–H groups in total. The summed E-state index contributed by atoms with van der Waals surface area (Å²) < 4.78 is 41.2. The number of phenolic OH excluding ortho intramolecular Hbond substituents is 1. The number of carbonyl (C=O) groups excluding carboxylic acids is 6. The van der Waals surface area contributed by atoms with E-state index in [1.165, 1.54) is 25.1 Å². The van der Waals surface area contributed by atoms with Gasteiger partial charge in [0.05, 0.1) is 23.2 Å². The normalized spacial score (nSPS) is 28.3. The monoisotopic (exact) mass is 728 g/mol. The highest BCUT2D eigenvalue weighted by molar-refractivity contribution is 6.33. The van der Waals surface area contributed by atoms with Crippen LogP contribution >= 0.6 is 0 Å². The number of amides is 3. The molecule has 0 aromatic heterocycles. The number of likely N-dealkylation sites (N-methyl/N-ethyl adjacent to an activating group) is 1. The molecule has 5 rings (SSSR count). The van der Waals surface area contributed by atoms with Crippen molar-refractivity contribution >= 4 is 46.4 Å². The van der Waals surface area contributed by atoms with Gasteiger partial charge in [0.1, 0.15) is 17.4 Å². The number of Topliss-reactive ketones (excluding diaryl/α,β-unsaturated/α-hetero) is 4. The topological polar surface area (TPSA) is 264 Å². The molecule has 0 saturated heterocycles. The summed E-state index contributed by atoms with van der Waals surface area (Å²) in [6.45, 7) is -0.403. The Morgan fingerprint density at radius 3 is 2.21 bits per heavy atom. The Kier molecular flexibility index (Phi) is 9.11. The molecule has 0 bridgehead atoms. The van der Waals surface area contributed by atoms with Gasteiger partial charge >= 0.3 is 12.4 Å². The number of nitrogens with two attached hydrogens (primary N) is 3. The Balaban J connectivity index is 1.53. The van der Waals surface area contributed by atoms with Crippen molar-refractivity contribution in [1.82, 2.24) is 10.2 Å². The molecule has 6 atom stereocenters. The van der Waals surface area contributed by atoms with E-state index in [-0.39, 0.29) is 28.8 Å². The van der Waals surface area contributed by atoms with Gasteiger partial charge in [-0.25, -0.2) is 4.79 Å². The van der Waals surface area contributed by atoms with Crippen LogP contribution < -0.4 is 37.5 Å². The van der Waals surface area contributed by atoms with E-state index in [2.05, 4.69) is 15.4 Å². The van der Waals surface area contributed by atoms with Gasteiger partial charge < -0.3 is 42.6 Å². The van der Waals surface area contributed by atoms with Gasteiger partial charge in [-0.1, -0.05) is 0 Å². The van der Waals surface area contributed by atoms with Crippen LogP contribution in [0.4, 0.5) is 29.3 Å². The number of hydrogen-bond acceptors (Lipinski definition) is 13. The number of fused-ring (bicyclic) bond motifs is 3. The van der Waals surface area contributed by atoms with Crippen LogP contribution in [0.5, 0.6) is 11.5 Å². The zero-order valence-electron chi connectivity index (χ0n) is 28.3. The minimum absolute atomic E-state index is 0.00312. The van der Waals surface area contributed by atoms with Crippen molar-refractivity contribution in [3.05, 3.63) is 47.0 Å². The van der Waals surface area contributed by atoms with Gasteiger partial charge in [-0.15, -0.1) is 13.2 Å². The third kappa shape index (κ3) is 5.68. The standard InChI is InChI=1S/C33H35F3N8O8/c1-43(2)18-9-14(11-41-29(51)42-15-5-7-16(8-6-15)52-33(34,35)36)22(45)19-17(18)10-30(39)12-32(40)25(44(3)4)24(47)20(28(38)50)26(48)31(32,13-37)27(49)21(30)23(19)46/h5-9,20-21,25,45H,10-12,39-40H2,1-4H3,(H2,38,50)(H2,41,42,51)/t20?,21?,25-,30-,31+,32-/m1/s1. The molecule has 2 unspecified atom stereocenters. The summed E-state index contributed by atoms with van der Waals surface area (Å²) >= 11 is 0. The van der Waals surface area contributed by atoms with Crippen molar-refractivity contribution in [2.24, 2.45) is 34.5 Å². The molecule has 16 nitrogen and oxygen atoms in total. The first-order chi connectivity index (χ1) is 24.0. The summed E-state index contributed by atoms with van der Waals surface area (Å²) in [4.78, 5) is 84.5. The number of rotatable bonds is 7. The van der Waals surface area contributed by atoms with Crippen molar-refractivity contribution < 1.29 is 51.8 Å². The summed E-state index contributed by atoms with van der Waals surface area (Å²) in [5.74, 6) is -11.6. The van der Waals surface area contributed by atoms with Crippen LogP contribution in [0.3, 0.4) is 0 Å². The van der Waals surface area contributed by atoms with Crippen LogP contribution in [-0.2, 0) is 32.1 Å². The number of urea groups is 1. The molecule has 0 aliphatic heterocycles. The van der Waals surface area contributed by atoms with Crippen molar-refractivity contribution in [2.75, 3.05) is 38.4 Å². The van der Waals surface area contributed by atoms with E-state index in [1.54, 1.807) is 25.1 Å². The fourth-order valence-corrected chi connectivity index (χ4v) is 7.93. The fraction of sp³-hybridized carbons (Fsp3) is 0.424. The number of benzene rings is 2. The number of carbonyl (C=O) groups is 6. The summed E-state index contributed by atoms with van der Waals surface area (Å²) in [7, 11) is 6.03. The van der Waals surface area contributed by atoms with Crippen LogP contribution in [0.1, 0.15) is 27.9 Å². The molecule has 2 fully saturated rings. The Hall–Kier alpha value is -5.58. The SMILES string of the molecule is CN(C)c1cc(CNC(=O)Nc2ccc(OC(F)(F)F)cc2)c(O)c2c1C[C@@]1(N)C[C@@]3(N)[C@H](N(C)C)C(=O)C(C(N)=O)C(=O)[C@@]3(C#N)C(=O)C1C2=O. The molecule has 2 saturated carbocycles. The van der Waals surface area contributed by atoms with Crippen LogP contribution in [0.15, 0.2) is 30.3 Å². The van der Waals surface area contributed by atoms with Crippen molar-refractivity contribution in [2.45, 2.75) is 42.9 Å². The number of primary amides is 1. The number of nitrogens with zero attached hydrogens (tertiary/aromatic N) is 3. The maximum absolute atomic E-state index is 14.6. The first-order valence-corrected chi connectivity index (χ1v) is 15.6. The molecular formula is C33H35F3N8O8. The molecule has 0 radical (unpaired) electrons. The lowest BCUT2D eigenvalue weighted by Gasteiger charge is -2.60. The maximum Gasteiger partial charge on any atom is 0.573 e. The first-order valence-electron chi connectivity index (χ1n) is 15.6. The average molecular weight is 729 g/mol. The van der Waals surface area contributed by atoms with Gasteiger partial charge in [0.25, 0.3) is 0 Å². The fourth-order valence-electron chi connectivity index (χ4n) is 7.93. The number of nitriles is 1. The largest absolute Gasteiger partial charge is 0.573 e. The zero-order valence-corrected chi connectivity index (χ0v) is 28.3. The van der Waals surface area contributed by atoms with Gasteiger partial charge in [0.2, 0.25) is 5.91 Å². The van der Waals surface area contributed by atoms with E-state index in [9.17, 15) is 52.3 Å². The van der Waals surface area contributed by atoms with E-state index < -0.39 is 100 Å².